The fraction of sp³-hybridized carbons (Fsp3) is 0.217. The molecule has 5 rings (SSSR count). The number of hydrogen-bond donors (Lipinski definition) is 1. The lowest BCUT2D eigenvalue weighted by molar-refractivity contribution is -0.137. The van der Waals surface area contributed by atoms with E-state index in [-0.39, 0.29) is 11.5 Å². The molecule has 1 aliphatic heterocycles. The Morgan fingerprint density at radius 1 is 1.18 bits per heavy atom. The highest BCUT2D eigenvalue weighted by atomic mass is 19.4. The summed E-state index contributed by atoms with van der Waals surface area (Å²) < 4.78 is 46.0. The van der Waals surface area contributed by atoms with Gasteiger partial charge in [-0.2, -0.15) is 18.3 Å². The molecule has 1 aliphatic rings. The van der Waals surface area contributed by atoms with Crippen molar-refractivity contribution in [1.82, 2.24) is 19.6 Å². The number of imidazole rings is 1. The predicted octanol–water partition coefficient (Wildman–Crippen LogP) is 4.48. The van der Waals surface area contributed by atoms with E-state index in [1.165, 1.54) is 18.3 Å². The molecule has 0 unspecified atom stereocenters. The van der Waals surface area contributed by atoms with E-state index in [9.17, 15) is 18.0 Å². The molecule has 4 heterocycles. The van der Waals surface area contributed by atoms with Crippen LogP contribution in [0.2, 0.25) is 0 Å². The van der Waals surface area contributed by atoms with E-state index in [1.54, 1.807) is 23.0 Å². The third kappa shape index (κ3) is 4.05. The highest BCUT2D eigenvalue weighted by molar-refractivity contribution is 6.04. The number of aromatic nitrogens is 4. The van der Waals surface area contributed by atoms with Gasteiger partial charge in [0.1, 0.15) is 0 Å². The first-order valence-electron chi connectivity index (χ1n) is 10.2. The van der Waals surface area contributed by atoms with Gasteiger partial charge in [-0.25, -0.2) is 9.50 Å². The Labute approximate surface area is 186 Å². The normalized spacial score (nSPS) is 14.3. The maximum absolute atomic E-state index is 13.0. The van der Waals surface area contributed by atoms with E-state index in [1.807, 2.05) is 13.0 Å². The summed E-state index contributed by atoms with van der Waals surface area (Å²) in [6.45, 7) is 3.03. The Bertz CT molecular complexity index is 1360. The second kappa shape index (κ2) is 7.96. The van der Waals surface area contributed by atoms with Crippen LogP contribution in [0.1, 0.15) is 33.1 Å². The summed E-state index contributed by atoms with van der Waals surface area (Å²) in [6, 6.07) is 7.92. The molecule has 33 heavy (non-hydrogen) atoms. The van der Waals surface area contributed by atoms with Crippen LogP contribution in [0.5, 0.6) is 0 Å². The number of anilines is 1. The van der Waals surface area contributed by atoms with Crippen molar-refractivity contribution in [3.63, 3.8) is 0 Å². The molecule has 10 heteroatoms. The number of pyridine rings is 1. The van der Waals surface area contributed by atoms with Gasteiger partial charge in [0.15, 0.2) is 5.65 Å². The first-order chi connectivity index (χ1) is 15.8. The number of halogens is 3. The van der Waals surface area contributed by atoms with Gasteiger partial charge in [0.05, 0.1) is 36.4 Å². The van der Waals surface area contributed by atoms with Gasteiger partial charge in [-0.1, -0.05) is 6.07 Å². The second-order valence-electron chi connectivity index (χ2n) is 7.80. The van der Waals surface area contributed by atoms with Gasteiger partial charge in [-0.3, -0.25) is 9.78 Å². The van der Waals surface area contributed by atoms with Crippen molar-refractivity contribution in [3.05, 3.63) is 77.4 Å². The number of fused-ring (bicyclic) bond motifs is 1. The predicted molar refractivity (Wildman–Crippen MR) is 114 cm³/mol. The topological polar surface area (TPSA) is 81.4 Å². The number of ether oxygens (including phenoxy) is 1. The number of carbonyl (C=O) groups excluding carboxylic acids is 1. The van der Waals surface area contributed by atoms with Crippen LogP contribution in [0.25, 0.3) is 16.9 Å². The summed E-state index contributed by atoms with van der Waals surface area (Å²) in [4.78, 5) is 21.3. The van der Waals surface area contributed by atoms with Gasteiger partial charge >= 0.3 is 6.18 Å². The Hall–Kier alpha value is -3.79. The van der Waals surface area contributed by atoms with Crippen molar-refractivity contribution in [2.75, 3.05) is 18.5 Å². The largest absolute Gasteiger partial charge is 0.416 e. The quantitative estimate of drug-likeness (QED) is 0.493. The summed E-state index contributed by atoms with van der Waals surface area (Å²) in [6.07, 6.45) is 0.353. The SMILES string of the molecule is Cc1ncc(NC(=O)c2cccc(C(F)(F)F)c2)cc1-c1cc(C2COC2)c2nccn2n1. The monoisotopic (exact) mass is 453 g/mol. The van der Waals surface area contributed by atoms with Gasteiger partial charge in [-0.05, 0) is 37.3 Å². The molecule has 0 aliphatic carbocycles. The molecule has 1 fully saturated rings. The lowest BCUT2D eigenvalue weighted by atomic mass is 9.97. The molecule has 0 radical (unpaired) electrons. The molecule has 1 amide bonds. The van der Waals surface area contributed by atoms with Crippen molar-refractivity contribution < 1.29 is 22.7 Å². The minimum Gasteiger partial charge on any atom is -0.380 e. The van der Waals surface area contributed by atoms with E-state index in [4.69, 9.17) is 4.74 Å². The minimum absolute atomic E-state index is 0.0998. The summed E-state index contributed by atoms with van der Waals surface area (Å²) in [5.74, 6) is -0.447. The van der Waals surface area contributed by atoms with E-state index in [0.29, 0.717) is 35.9 Å². The molecule has 7 nitrogen and oxygen atoms in total. The third-order valence-electron chi connectivity index (χ3n) is 5.54. The van der Waals surface area contributed by atoms with Crippen molar-refractivity contribution in [1.29, 1.82) is 0 Å². The van der Waals surface area contributed by atoms with Gasteiger partial charge in [0.2, 0.25) is 0 Å². The summed E-state index contributed by atoms with van der Waals surface area (Å²) in [7, 11) is 0. The van der Waals surface area contributed by atoms with Gasteiger partial charge < -0.3 is 10.1 Å². The van der Waals surface area contributed by atoms with Gasteiger partial charge in [0.25, 0.3) is 5.91 Å². The molecule has 3 aromatic heterocycles. The molecule has 1 saturated heterocycles. The maximum atomic E-state index is 13.0. The lowest BCUT2D eigenvalue weighted by Gasteiger charge is -2.26. The smallest absolute Gasteiger partial charge is 0.380 e. The first kappa shape index (κ1) is 21.1. The van der Waals surface area contributed by atoms with Crippen molar-refractivity contribution in [3.8, 4) is 11.3 Å². The van der Waals surface area contributed by atoms with Gasteiger partial charge in [0, 0.05) is 40.7 Å². The lowest BCUT2D eigenvalue weighted by Crippen LogP contribution is -2.26. The van der Waals surface area contributed by atoms with E-state index < -0.39 is 17.6 Å². The Morgan fingerprint density at radius 3 is 2.73 bits per heavy atom. The van der Waals surface area contributed by atoms with E-state index >= 15 is 0 Å². The number of carbonyl (C=O) groups is 1. The van der Waals surface area contributed by atoms with Crippen molar-refractivity contribution in [2.24, 2.45) is 0 Å². The summed E-state index contributed by atoms with van der Waals surface area (Å²) in [5.41, 5.74) is 3.14. The molecule has 4 aromatic rings. The number of rotatable bonds is 4. The number of benzene rings is 1. The summed E-state index contributed by atoms with van der Waals surface area (Å²) >= 11 is 0. The molecule has 0 spiro atoms. The Balaban J connectivity index is 1.48. The zero-order valence-corrected chi connectivity index (χ0v) is 17.4. The molecule has 0 saturated carbocycles. The van der Waals surface area contributed by atoms with Crippen molar-refractivity contribution in [2.45, 2.75) is 19.0 Å². The van der Waals surface area contributed by atoms with Crippen molar-refractivity contribution >= 4 is 17.2 Å². The molecular weight excluding hydrogens is 435 g/mol. The van der Waals surface area contributed by atoms with E-state index in [0.717, 1.165) is 23.3 Å². The number of amides is 1. The van der Waals surface area contributed by atoms with Crippen LogP contribution in [0.15, 0.2) is 55.0 Å². The highest BCUT2D eigenvalue weighted by Gasteiger charge is 2.31. The molecule has 0 atom stereocenters. The average molecular weight is 453 g/mol. The molecule has 0 bridgehead atoms. The highest BCUT2D eigenvalue weighted by Crippen LogP contribution is 2.32. The van der Waals surface area contributed by atoms with E-state index in [2.05, 4.69) is 20.4 Å². The standard InChI is InChI=1S/C23H18F3N5O2/c1-13-18(20-9-19(15-11-33-12-15)21-27-5-6-31(21)30-20)8-17(10-28-13)29-22(32)14-3-2-4-16(7-14)23(24,25)26/h2-10,15H,11-12H2,1H3,(H,29,32). The van der Waals surface area contributed by atoms with Crippen LogP contribution < -0.4 is 5.32 Å². The Kier molecular flexibility index (Phi) is 5.09. The minimum atomic E-state index is -4.53. The third-order valence-corrected chi connectivity index (χ3v) is 5.54. The average Bonchev–Trinajstić information content (AvgIpc) is 3.22. The number of nitrogens with one attached hydrogen (secondary N) is 1. The number of nitrogens with zero attached hydrogens (tertiary/aromatic N) is 4. The van der Waals surface area contributed by atoms with Crippen LogP contribution in [-0.4, -0.2) is 38.7 Å². The zero-order chi connectivity index (χ0) is 23.2. The van der Waals surface area contributed by atoms with Crippen LogP contribution in [-0.2, 0) is 10.9 Å². The molecular formula is C23H18F3N5O2. The molecule has 1 N–H and O–H groups in total. The van der Waals surface area contributed by atoms with Crippen LogP contribution in [0.3, 0.4) is 0 Å². The van der Waals surface area contributed by atoms with Gasteiger partial charge in [-0.15, -0.1) is 0 Å². The molecule has 1 aromatic carbocycles. The fourth-order valence-electron chi connectivity index (χ4n) is 3.69. The fourth-order valence-corrected chi connectivity index (χ4v) is 3.69. The number of aryl methyl sites for hydroxylation is 1. The van der Waals surface area contributed by atoms with Crippen LogP contribution >= 0.6 is 0 Å². The summed E-state index contributed by atoms with van der Waals surface area (Å²) in [5, 5.41) is 7.25. The van der Waals surface area contributed by atoms with Crippen LogP contribution in [0, 0.1) is 6.92 Å². The number of hydrogen-bond acceptors (Lipinski definition) is 5. The second-order valence-corrected chi connectivity index (χ2v) is 7.80. The molecule has 168 valence electrons. The van der Waals surface area contributed by atoms with Crippen LogP contribution in [0.4, 0.5) is 18.9 Å². The first-order valence-corrected chi connectivity index (χ1v) is 10.2. The zero-order valence-electron chi connectivity index (χ0n) is 17.4. The number of alkyl halides is 3. The maximum Gasteiger partial charge on any atom is 0.416 e. The Morgan fingerprint density at radius 2 is 2.00 bits per heavy atom.